The van der Waals surface area contributed by atoms with Crippen LogP contribution in [-0.2, 0) is 10.0 Å². The Balaban J connectivity index is 2.99. The predicted octanol–water partition coefficient (Wildman–Crippen LogP) is 2.15. The summed E-state index contributed by atoms with van der Waals surface area (Å²) >= 11 is 0. The van der Waals surface area contributed by atoms with E-state index in [1.54, 1.807) is 19.2 Å². The molecule has 1 aromatic carbocycles. The molecule has 0 fully saturated rings. The van der Waals surface area contributed by atoms with Gasteiger partial charge in [0.2, 0.25) is 10.0 Å². The monoisotopic (exact) mass is 310 g/mol. The first-order valence-corrected chi connectivity index (χ1v) is 7.32. The number of benzene rings is 1. The van der Waals surface area contributed by atoms with Crippen molar-refractivity contribution in [2.24, 2.45) is 0 Å². The van der Waals surface area contributed by atoms with E-state index in [2.05, 4.69) is 5.32 Å². The van der Waals surface area contributed by atoms with E-state index < -0.39 is 22.7 Å². The molecule has 1 unspecified atom stereocenters. The van der Waals surface area contributed by atoms with Gasteiger partial charge in [0, 0.05) is 13.1 Å². The van der Waals surface area contributed by atoms with Crippen LogP contribution < -0.4 is 5.32 Å². The highest BCUT2D eigenvalue weighted by atomic mass is 32.2. The first-order valence-electron chi connectivity index (χ1n) is 5.88. The lowest BCUT2D eigenvalue weighted by Crippen LogP contribution is -2.35. The number of halogens is 3. The Labute approximate surface area is 116 Å². The lowest BCUT2D eigenvalue weighted by atomic mass is 10.1. The van der Waals surface area contributed by atoms with E-state index in [4.69, 9.17) is 0 Å². The maximum Gasteiger partial charge on any atom is 0.402 e. The second kappa shape index (κ2) is 6.11. The van der Waals surface area contributed by atoms with E-state index in [-0.39, 0.29) is 10.9 Å². The van der Waals surface area contributed by atoms with Crippen molar-refractivity contribution in [1.29, 1.82) is 0 Å². The number of hydrogen-bond acceptors (Lipinski definition) is 3. The molecule has 8 heteroatoms. The van der Waals surface area contributed by atoms with E-state index >= 15 is 0 Å². The largest absolute Gasteiger partial charge is 0.402 e. The van der Waals surface area contributed by atoms with E-state index in [1.807, 2.05) is 6.92 Å². The van der Waals surface area contributed by atoms with Gasteiger partial charge in [-0.25, -0.2) is 8.42 Å². The van der Waals surface area contributed by atoms with Gasteiger partial charge in [0.25, 0.3) is 0 Å². The summed E-state index contributed by atoms with van der Waals surface area (Å²) in [5.41, 5.74) is 0.852. The summed E-state index contributed by atoms with van der Waals surface area (Å²) in [4.78, 5) is -0.156. The first-order chi connectivity index (χ1) is 9.08. The van der Waals surface area contributed by atoms with Gasteiger partial charge in [0.05, 0.1) is 4.90 Å². The molecule has 0 aliphatic heterocycles. The fourth-order valence-corrected chi connectivity index (χ4v) is 2.77. The molecule has 0 radical (unpaired) electrons. The third-order valence-corrected chi connectivity index (χ3v) is 4.74. The molecule has 0 saturated heterocycles. The number of sulfonamides is 1. The van der Waals surface area contributed by atoms with Gasteiger partial charge in [-0.3, -0.25) is 0 Å². The summed E-state index contributed by atoms with van der Waals surface area (Å²) in [5.74, 6) is 0. The van der Waals surface area contributed by atoms with E-state index in [9.17, 15) is 21.6 Å². The van der Waals surface area contributed by atoms with Crippen LogP contribution in [-0.4, -0.2) is 39.5 Å². The summed E-state index contributed by atoms with van der Waals surface area (Å²) in [6.07, 6.45) is -4.57. The van der Waals surface area contributed by atoms with E-state index in [0.717, 1.165) is 12.6 Å². The van der Waals surface area contributed by atoms with Crippen molar-refractivity contribution >= 4 is 10.0 Å². The van der Waals surface area contributed by atoms with Crippen LogP contribution in [0.15, 0.2) is 29.2 Å². The van der Waals surface area contributed by atoms with Crippen LogP contribution in [0.25, 0.3) is 0 Å². The van der Waals surface area contributed by atoms with Crippen LogP contribution in [0.1, 0.15) is 18.5 Å². The summed E-state index contributed by atoms with van der Waals surface area (Å²) in [6.45, 7) is 0.378. The Bertz CT molecular complexity index is 541. The number of hydrogen-bond donors (Lipinski definition) is 1. The molecule has 0 aliphatic rings. The van der Waals surface area contributed by atoms with Crippen molar-refractivity contribution in [2.45, 2.75) is 24.0 Å². The lowest BCUT2D eigenvalue weighted by molar-refractivity contribution is -0.134. The standard InChI is InChI=1S/C12H17F3N2O2S/c1-9(16-2)10-4-6-11(7-5-10)20(18,19)17(3)8-12(13,14)15/h4-7,9,16H,8H2,1-3H3. The van der Waals surface area contributed by atoms with Crippen LogP contribution in [0.2, 0.25) is 0 Å². The predicted molar refractivity (Wildman–Crippen MR) is 69.8 cm³/mol. The maximum atomic E-state index is 12.3. The topological polar surface area (TPSA) is 49.4 Å². The summed E-state index contributed by atoms with van der Waals surface area (Å²) < 4.78 is 61.0. The van der Waals surface area contributed by atoms with Gasteiger partial charge in [0.1, 0.15) is 6.54 Å². The molecule has 4 nitrogen and oxygen atoms in total. The van der Waals surface area contributed by atoms with Gasteiger partial charge >= 0.3 is 6.18 Å². The van der Waals surface area contributed by atoms with Crippen LogP contribution in [0.5, 0.6) is 0 Å². The second-order valence-corrected chi connectivity index (χ2v) is 6.50. The first kappa shape index (κ1) is 16.9. The molecule has 1 atom stereocenters. The van der Waals surface area contributed by atoms with Crippen LogP contribution >= 0.6 is 0 Å². The fourth-order valence-electron chi connectivity index (χ4n) is 1.61. The van der Waals surface area contributed by atoms with Crippen molar-refractivity contribution in [3.8, 4) is 0 Å². The van der Waals surface area contributed by atoms with Crippen LogP contribution in [0, 0.1) is 0 Å². The lowest BCUT2D eigenvalue weighted by Gasteiger charge is -2.19. The zero-order chi connectivity index (χ0) is 15.6. The minimum atomic E-state index is -4.57. The third-order valence-electron chi connectivity index (χ3n) is 2.92. The van der Waals surface area contributed by atoms with Crippen molar-refractivity contribution in [1.82, 2.24) is 9.62 Å². The van der Waals surface area contributed by atoms with Gasteiger partial charge in [-0.1, -0.05) is 12.1 Å². The molecule has 1 rings (SSSR count). The highest BCUT2D eigenvalue weighted by Gasteiger charge is 2.34. The molecule has 0 aliphatic carbocycles. The fraction of sp³-hybridized carbons (Fsp3) is 0.500. The average Bonchev–Trinajstić information content (AvgIpc) is 2.36. The zero-order valence-corrected chi connectivity index (χ0v) is 12.2. The highest BCUT2D eigenvalue weighted by Crippen LogP contribution is 2.22. The van der Waals surface area contributed by atoms with E-state index in [0.29, 0.717) is 4.31 Å². The molecule has 1 N–H and O–H groups in total. The molecular weight excluding hydrogens is 293 g/mol. The zero-order valence-electron chi connectivity index (χ0n) is 11.4. The SMILES string of the molecule is CNC(C)c1ccc(S(=O)(=O)N(C)CC(F)(F)F)cc1. The van der Waals surface area contributed by atoms with Crippen LogP contribution in [0.3, 0.4) is 0 Å². The van der Waals surface area contributed by atoms with Gasteiger partial charge in [-0.05, 0) is 31.7 Å². The Morgan fingerprint density at radius 3 is 2.15 bits per heavy atom. The molecule has 114 valence electrons. The van der Waals surface area contributed by atoms with Gasteiger partial charge in [-0.2, -0.15) is 17.5 Å². The van der Waals surface area contributed by atoms with Crippen LogP contribution in [0.4, 0.5) is 13.2 Å². The van der Waals surface area contributed by atoms with Crippen molar-refractivity contribution in [3.05, 3.63) is 29.8 Å². The van der Waals surface area contributed by atoms with Crippen molar-refractivity contribution in [2.75, 3.05) is 20.6 Å². The van der Waals surface area contributed by atoms with E-state index in [1.165, 1.54) is 12.1 Å². The molecule has 0 heterocycles. The molecule has 0 bridgehead atoms. The molecular formula is C12H17F3N2O2S. The highest BCUT2D eigenvalue weighted by molar-refractivity contribution is 7.89. The summed E-state index contributed by atoms with van der Waals surface area (Å²) in [6, 6.07) is 5.81. The Morgan fingerprint density at radius 1 is 1.25 bits per heavy atom. The smallest absolute Gasteiger partial charge is 0.313 e. The van der Waals surface area contributed by atoms with Crippen molar-refractivity contribution in [3.63, 3.8) is 0 Å². The molecule has 0 amide bonds. The minimum Gasteiger partial charge on any atom is -0.313 e. The Hall–Kier alpha value is -1.12. The normalized spacial score (nSPS) is 14.6. The maximum absolute atomic E-state index is 12.3. The molecule has 0 spiro atoms. The third kappa shape index (κ3) is 4.19. The minimum absolute atomic E-state index is 0.0275. The quantitative estimate of drug-likeness (QED) is 0.906. The number of alkyl halides is 3. The van der Waals surface area contributed by atoms with Gasteiger partial charge in [-0.15, -0.1) is 0 Å². The second-order valence-electron chi connectivity index (χ2n) is 4.46. The average molecular weight is 310 g/mol. The van der Waals surface area contributed by atoms with Crippen molar-refractivity contribution < 1.29 is 21.6 Å². The summed E-state index contributed by atoms with van der Waals surface area (Å²) in [5, 5.41) is 2.98. The number of nitrogens with zero attached hydrogens (tertiary/aromatic N) is 1. The number of rotatable bonds is 5. The molecule has 20 heavy (non-hydrogen) atoms. The summed E-state index contributed by atoms with van der Waals surface area (Å²) in [7, 11) is -1.46. The molecule has 1 aromatic rings. The number of nitrogens with one attached hydrogen (secondary N) is 1. The van der Waals surface area contributed by atoms with Gasteiger partial charge < -0.3 is 5.32 Å². The Morgan fingerprint density at radius 2 is 1.75 bits per heavy atom. The molecule has 0 saturated carbocycles. The Kier molecular flexibility index (Phi) is 5.17. The molecule has 0 aromatic heterocycles. The van der Waals surface area contributed by atoms with Gasteiger partial charge in [0.15, 0.2) is 0 Å².